The second-order valence-corrected chi connectivity index (χ2v) is 8.92. The second kappa shape index (κ2) is 12.9. The number of rotatable bonds is 11. The fraction of sp³-hybridized carbons (Fsp3) is 0.290. The fourth-order valence-corrected chi connectivity index (χ4v) is 4.51. The molecule has 0 fully saturated rings. The molecule has 1 heterocycles. The maximum absolute atomic E-state index is 13.1. The normalized spacial score (nSPS) is 13.8. The van der Waals surface area contributed by atoms with Crippen LogP contribution in [0.5, 0.6) is 40.2 Å². The molecule has 0 aliphatic carbocycles. The molecule has 214 valence electrons. The average molecular weight is 561 g/mol. The van der Waals surface area contributed by atoms with Crippen molar-refractivity contribution in [1.29, 1.82) is 5.26 Å². The number of nitrogens with zero attached hydrogens (tertiary/aromatic N) is 1. The Hall–Kier alpha value is -5.04. The Bertz CT molecular complexity index is 1480. The molecule has 41 heavy (non-hydrogen) atoms. The van der Waals surface area contributed by atoms with E-state index in [-0.39, 0.29) is 22.8 Å². The standard InChI is InChI=1S/C31H32N2O8/c1-6-12-39-23-11-8-18(13-25(23)38-7-2)28-21-10-9-20(16-24(21)41-30(33)22(28)17-32)40-31(34)19-14-26(35-3)29(37-5)27(15-19)36-4/h8-11,13-16,28H,6-7,12,33H2,1-5H3. The maximum Gasteiger partial charge on any atom is 0.343 e. The summed E-state index contributed by atoms with van der Waals surface area (Å²) in [5.41, 5.74) is 8.08. The molecule has 1 atom stereocenters. The summed E-state index contributed by atoms with van der Waals surface area (Å²) < 4.78 is 39.1. The van der Waals surface area contributed by atoms with Gasteiger partial charge in [0.15, 0.2) is 23.0 Å². The van der Waals surface area contributed by atoms with Gasteiger partial charge in [0.25, 0.3) is 0 Å². The Balaban J connectivity index is 1.69. The van der Waals surface area contributed by atoms with E-state index in [1.54, 1.807) is 18.2 Å². The third-order valence-corrected chi connectivity index (χ3v) is 6.36. The zero-order chi connectivity index (χ0) is 29.5. The Labute approximate surface area is 238 Å². The van der Waals surface area contributed by atoms with Crippen molar-refractivity contribution in [2.24, 2.45) is 5.73 Å². The molecule has 3 aromatic carbocycles. The average Bonchev–Trinajstić information content (AvgIpc) is 2.98. The van der Waals surface area contributed by atoms with Gasteiger partial charge in [-0.1, -0.05) is 19.1 Å². The minimum Gasteiger partial charge on any atom is -0.493 e. The van der Waals surface area contributed by atoms with E-state index in [9.17, 15) is 10.1 Å². The summed E-state index contributed by atoms with van der Waals surface area (Å²) in [6.07, 6.45) is 0.852. The van der Waals surface area contributed by atoms with E-state index < -0.39 is 11.9 Å². The van der Waals surface area contributed by atoms with Crippen LogP contribution in [0.2, 0.25) is 0 Å². The zero-order valence-electron chi connectivity index (χ0n) is 23.6. The molecule has 0 saturated carbocycles. The number of nitriles is 1. The first-order chi connectivity index (χ1) is 19.9. The molecular formula is C31H32N2O8. The summed E-state index contributed by atoms with van der Waals surface area (Å²) in [6.45, 7) is 4.91. The third-order valence-electron chi connectivity index (χ3n) is 6.36. The Kier molecular flexibility index (Phi) is 9.09. The lowest BCUT2D eigenvalue weighted by Crippen LogP contribution is -2.21. The van der Waals surface area contributed by atoms with Crippen LogP contribution in [0.15, 0.2) is 60.0 Å². The highest BCUT2D eigenvalue weighted by molar-refractivity contribution is 5.92. The van der Waals surface area contributed by atoms with Gasteiger partial charge in [-0.05, 0) is 49.2 Å². The molecule has 2 N–H and O–H groups in total. The summed E-state index contributed by atoms with van der Waals surface area (Å²) in [5, 5.41) is 9.96. The monoisotopic (exact) mass is 560 g/mol. The van der Waals surface area contributed by atoms with Crippen molar-refractivity contribution in [1.82, 2.24) is 0 Å². The van der Waals surface area contributed by atoms with Gasteiger partial charge in [-0.15, -0.1) is 0 Å². The van der Waals surface area contributed by atoms with Crippen LogP contribution in [-0.2, 0) is 0 Å². The van der Waals surface area contributed by atoms with Crippen LogP contribution in [0.3, 0.4) is 0 Å². The van der Waals surface area contributed by atoms with Gasteiger partial charge >= 0.3 is 5.97 Å². The fourth-order valence-electron chi connectivity index (χ4n) is 4.51. The first-order valence-electron chi connectivity index (χ1n) is 13.0. The molecule has 0 aromatic heterocycles. The van der Waals surface area contributed by atoms with Gasteiger partial charge in [-0.25, -0.2) is 4.79 Å². The van der Waals surface area contributed by atoms with Crippen molar-refractivity contribution < 1.29 is 38.0 Å². The summed E-state index contributed by atoms with van der Waals surface area (Å²) in [6, 6.07) is 15.6. The lowest BCUT2D eigenvalue weighted by atomic mass is 9.83. The molecule has 1 aliphatic rings. The summed E-state index contributed by atoms with van der Waals surface area (Å²) >= 11 is 0. The molecule has 0 radical (unpaired) electrons. The predicted octanol–water partition coefficient (Wildman–Crippen LogP) is 5.34. The Morgan fingerprint density at radius 3 is 2.27 bits per heavy atom. The van der Waals surface area contributed by atoms with Gasteiger partial charge in [0.1, 0.15) is 23.1 Å². The van der Waals surface area contributed by atoms with Crippen molar-refractivity contribution in [2.75, 3.05) is 34.5 Å². The molecule has 1 unspecified atom stereocenters. The van der Waals surface area contributed by atoms with Gasteiger partial charge in [0, 0.05) is 11.6 Å². The predicted molar refractivity (Wildman–Crippen MR) is 150 cm³/mol. The number of hydrogen-bond donors (Lipinski definition) is 1. The van der Waals surface area contributed by atoms with Crippen molar-refractivity contribution in [3.8, 4) is 46.3 Å². The molecule has 0 bridgehead atoms. The number of nitrogens with two attached hydrogens (primary N) is 1. The van der Waals surface area contributed by atoms with Crippen LogP contribution in [-0.4, -0.2) is 40.5 Å². The molecule has 1 aliphatic heterocycles. The number of carbonyl (C=O) groups excluding carboxylic acids is 1. The van der Waals surface area contributed by atoms with Crippen molar-refractivity contribution in [3.63, 3.8) is 0 Å². The minimum absolute atomic E-state index is 0.0395. The van der Waals surface area contributed by atoms with E-state index in [1.807, 2.05) is 32.0 Å². The number of methoxy groups -OCH3 is 3. The van der Waals surface area contributed by atoms with Gasteiger partial charge in [-0.2, -0.15) is 5.26 Å². The molecule has 0 saturated heterocycles. The molecule has 10 heteroatoms. The highest BCUT2D eigenvalue weighted by atomic mass is 16.5. The highest BCUT2D eigenvalue weighted by Gasteiger charge is 2.32. The van der Waals surface area contributed by atoms with E-state index in [2.05, 4.69) is 6.07 Å². The van der Waals surface area contributed by atoms with E-state index in [0.29, 0.717) is 53.3 Å². The van der Waals surface area contributed by atoms with Crippen molar-refractivity contribution in [2.45, 2.75) is 26.2 Å². The van der Waals surface area contributed by atoms with E-state index in [1.165, 1.54) is 33.5 Å². The van der Waals surface area contributed by atoms with Crippen LogP contribution in [0, 0.1) is 11.3 Å². The van der Waals surface area contributed by atoms with Gasteiger partial charge < -0.3 is 38.9 Å². The number of ether oxygens (including phenoxy) is 7. The lowest BCUT2D eigenvalue weighted by Gasteiger charge is -2.27. The van der Waals surface area contributed by atoms with Gasteiger partial charge in [-0.3, -0.25) is 0 Å². The lowest BCUT2D eigenvalue weighted by molar-refractivity contribution is 0.0733. The number of fused-ring (bicyclic) bond motifs is 1. The number of hydrogen-bond acceptors (Lipinski definition) is 10. The summed E-state index contributed by atoms with van der Waals surface area (Å²) in [7, 11) is 4.39. The molecular weight excluding hydrogens is 528 g/mol. The quantitative estimate of drug-likeness (QED) is 0.242. The van der Waals surface area contributed by atoms with E-state index >= 15 is 0 Å². The van der Waals surface area contributed by atoms with Gasteiger partial charge in [0.05, 0.1) is 46.0 Å². The van der Waals surface area contributed by atoms with Crippen LogP contribution in [0.4, 0.5) is 0 Å². The molecule has 0 amide bonds. The first-order valence-corrected chi connectivity index (χ1v) is 13.0. The summed E-state index contributed by atoms with van der Waals surface area (Å²) in [4.78, 5) is 13.1. The van der Waals surface area contributed by atoms with E-state index in [4.69, 9.17) is 38.9 Å². The maximum atomic E-state index is 13.1. The van der Waals surface area contributed by atoms with Crippen LogP contribution in [0.25, 0.3) is 0 Å². The largest absolute Gasteiger partial charge is 0.493 e. The van der Waals surface area contributed by atoms with Crippen molar-refractivity contribution in [3.05, 3.63) is 76.7 Å². The smallest absolute Gasteiger partial charge is 0.343 e. The van der Waals surface area contributed by atoms with Gasteiger partial charge in [0.2, 0.25) is 11.6 Å². The zero-order valence-corrected chi connectivity index (χ0v) is 23.6. The summed E-state index contributed by atoms with van der Waals surface area (Å²) in [5.74, 6) is 1.51. The SMILES string of the molecule is CCCOc1ccc(C2C(C#N)=C(N)Oc3cc(OC(=O)c4cc(OC)c(OC)c(OC)c4)ccc32)cc1OCC. The Morgan fingerprint density at radius 2 is 1.66 bits per heavy atom. The van der Waals surface area contributed by atoms with Crippen molar-refractivity contribution >= 4 is 5.97 Å². The van der Waals surface area contributed by atoms with E-state index in [0.717, 1.165) is 12.0 Å². The Morgan fingerprint density at radius 1 is 0.927 bits per heavy atom. The number of allylic oxidation sites excluding steroid dienone is 1. The molecule has 0 spiro atoms. The molecule has 3 aromatic rings. The molecule has 4 rings (SSSR count). The highest BCUT2D eigenvalue weighted by Crippen LogP contribution is 2.45. The topological polar surface area (TPSA) is 131 Å². The van der Waals surface area contributed by atoms with Crippen LogP contribution >= 0.6 is 0 Å². The van der Waals surface area contributed by atoms with Crippen LogP contribution in [0.1, 0.15) is 47.7 Å². The van der Waals surface area contributed by atoms with Crippen LogP contribution < -0.4 is 38.9 Å². The third kappa shape index (κ3) is 5.94. The second-order valence-electron chi connectivity index (χ2n) is 8.92. The minimum atomic E-state index is -0.651. The number of esters is 1. The first kappa shape index (κ1) is 29.0. The molecule has 10 nitrogen and oxygen atoms in total. The number of carbonyl (C=O) groups is 1. The number of benzene rings is 3.